The molecule has 6 heteroatoms. The van der Waals surface area contributed by atoms with Crippen molar-refractivity contribution in [3.05, 3.63) is 0 Å². The molecule has 0 aromatic carbocycles. The number of hydrogen-bond acceptors (Lipinski definition) is 2. The van der Waals surface area contributed by atoms with Crippen LogP contribution in [0.4, 0.5) is 13.2 Å². The summed E-state index contributed by atoms with van der Waals surface area (Å²) in [6.07, 6.45) is -0.634. The summed E-state index contributed by atoms with van der Waals surface area (Å²) in [6, 6.07) is 0. The van der Waals surface area contributed by atoms with Gasteiger partial charge in [0.25, 0.3) is 0 Å². The molecule has 4 saturated carbocycles. The highest BCUT2D eigenvalue weighted by atomic mass is 19.4. The van der Waals surface area contributed by atoms with E-state index in [4.69, 9.17) is 5.73 Å². The van der Waals surface area contributed by atoms with E-state index in [1.54, 1.807) is 0 Å². The molecule has 1 aliphatic heterocycles. The topological polar surface area (TPSA) is 46.3 Å². The Morgan fingerprint density at radius 2 is 1.83 bits per heavy atom. The van der Waals surface area contributed by atoms with Gasteiger partial charge in [0.15, 0.2) is 0 Å². The average Bonchev–Trinajstić information content (AvgIpc) is 2.87. The lowest BCUT2D eigenvalue weighted by Gasteiger charge is -2.61. The predicted molar refractivity (Wildman–Crippen MR) is 84.0 cm³/mol. The Bertz CT molecular complexity index is 547. The van der Waals surface area contributed by atoms with Crippen LogP contribution in [0.2, 0.25) is 0 Å². The first kappa shape index (κ1) is 16.7. The van der Waals surface area contributed by atoms with Crippen LogP contribution in [0.25, 0.3) is 0 Å². The van der Waals surface area contributed by atoms with E-state index in [0.717, 1.165) is 12.8 Å². The lowest BCUT2D eigenvalue weighted by atomic mass is 9.43. The van der Waals surface area contributed by atoms with Gasteiger partial charge in [0.05, 0.1) is 10.8 Å². The molecule has 4 aliphatic carbocycles. The van der Waals surface area contributed by atoms with Gasteiger partial charge < -0.3 is 10.6 Å². The van der Waals surface area contributed by atoms with Crippen molar-refractivity contribution >= 4 is 5.91 Å². The SMILES string of the molecule is CC1(CN)CCN(C(=O)C23CC4CC(C2)CC(C(F)(F)F)(C4)C3)C1. The van der Waals surface area contributed by atoms with E-state index in [9.17, 15) is 18.0 Å². The molecule has 1 heterocycles. The zero-order valence-electron chi connectivity index (χ0n) is 14.3. The first-order valence-electron chi connectivity index (χ1n) is 9.17. The maximum atomic E-state index is 13.8. The van der Waals surface area contributed by atoms with Crippen molar-refractivity contribution in [1.82, 2.24) is 4.90 Å². The Hall–Kier alpha value is -0.780. The van der Waals surface area contributed by atoms with Crippen molar-refractivity contribution in [3.8, 4) is 0 Å². The third-order valence-corrected chi connectivity index (χ3v) is 7.45. The lowest BCUT2D eigenvalue weighted by Crippen LogP contribution is -2.61. The molecule has 3 atom stereocenters. The Kier molecular flexibility index (Phi) is 3.40. The summed E-state index contributed by atoms with van der Waals surface area (Å²) in [6.45, 7) is 3.82. The maximum Gasteiger partial charge on any atom is 0.394 e. The quantitative estimate of drug-likeness (QED) is 0.835. The molecular formula is C18H27F3N2O. The van der Waals surface area contributed by atoms with Crippen LogP contribution in [0.5, 0.6) is 0 Å². The van der Waals surface area contributed by atoms with E-state index in [1.165, 1.54) is 0 Å². The standard InChI is InChI=1S/C18H27F3N2O/c1-15(10-22)2-3-23(11-15)14(24)16-5-12-4-13(6-16)8-17(7-12,9-16)18(19,20)21/h12-13H,2-11,22H2,1H3. The fraction of sp³-hybridized carbons (Fsp3) is 0.944. The molecule has 136 valence electrons. The van der Waals surface area contributed by atoms with Crippen LogP contribution in [0.1, 0.15) is 51.9 Å². The van der Waals surface area contributed by atoms with Gasteiger partial charge in [-0.15, -0.1) is 0 Å². The molecule has 0 spiro atoms. The minimum Gasteiger partial charge on any atom is -0.342 e. The first-order valence-corrected chi connectivity index (χ1v) is 9.17. The number of likely N-dealkylation sites (tertiary alicyclic amines) is 1. The molecule has 0 aromatic heterocycles. The van der Waals surface area contributed by atoms with Crippen LogP contribution < -0.4 is 5.73 Å². The number of amides is 1. The third-order valence-electron chi connectivity index (χ3n) is 7.45. The molecule has 3 unspecified atom stereocenters. The summed E-state index contributed by atoms with van der Waals surface area (Å²) in [5, 5.41) is 0. The largest absolute Gasteiger partial charge is 0.394 e. The van der Waals surface area contributed by atoms with Crippen LogP contribution in [0.3, 0.4) is 0 Å². The lowest BCUT2D eigenvalue weighted by molar-refractivity contribution is -0.284. The second-order valence-corrected chi connectivity index (χ2v) is 9.51. The number of hydrogen-bond donors (Lipinski definition) is 1. The van der Waals surface area contributed by atoms with E-state index < -0.39 is 17.0 Å². The molecular weight excluding hydrogens is 317 g/mol. The normalized spacial score (nSPS) is 47.5. The van der Waals surface area contributed by atoms with Crippen LogP contribution in [0, 0.1) is 28.1 Å². The highest BCUT2D eigenvalue weighted by molar-refractivity contribution is 5.84. The highest BCUT2D eigenvalue weighted by Crippen LogP contribution is 2.69. The summed E-state index contributed by atoms with van der Waals surface area (Å²) in [7, 11) is 0. The molecule has 1 amide bonds. The van der Waals surface area contributed by atoms with Crippen molar-refractivity contribution in [2.45, 2.75) is 58.0 Å². The zero-order valence-corrected chi connectivity index (χ0v) is 14.3. The number of rotatable bonds is 2. The molecule has 24 heavy (non-hydrogen) atoms. The average molecular weight is 344 g/mol. The van der Waals surface area contributed by atoms with Crippen LogP contribution in [-0.2, 0) is 4.79 Å². The van der Waals surface area contributed by atoms with Crippen molar-refractivity contribution in [3.63, 3.8) is 0 Å². The summed E-state index contributed by atoms with van der Waals surface area (Å²) < 4.78 is 41.5. The molecule has 2 N–H and O–H groups in total. The smallest absolute Gasteiger partial charge is 0.342 e. The van der Waals surface area contributed by atoms with Crippen LogP contribution in [0.15, 0.2) is 0 Å². The van der Waals surface area contributed by atoms with E-state index in [1.807, 2.05) is 4.90 Å². The molecule has 1 saturated heterocycles. The first-order chi connectivity index (χ1) is 11.1. The molecule has 3 nitrogen and oxygen atoms in total. The van der Waals surface area contributed by atoms with Crippen LogP contribution in [-0.4, -0.2) is 36.6 Å². The van der Waals surface area contributed by atoms with Crippen molar-refractivity contribution in [1.29, 1.82) is 0 Å². The van der Waals surface area contributed by atoms with Gasteiger partial charge >= 0.3 is 6.18 Å². The Balaban J connectivity index is 1.62. The van der Waals surface area contributed by atoms with Crippen molar-refractivity contribution in [2.75, 3.05) is 19.6 Å². The number of nitrogens with two attached hydrogens (primary N) is 1. The summed E-state index contributed by atoms with van der Waals surface area (Å²) in [5.74, 6) is 0.128. The monoisotopic (exact) mass is 344 g/mol. The summed E-state index contributed by atoms with van der Waals surface area (Å²) in [5.41, 5.74) is 3.37. The Morgan fingerprint density at radius 1 is 1.21 bits per heavy atom. The maximum absolute atomic E-state index is 13.8. The number of alkyl halides is 3. The fourth-order valence-electron chi connectivity index (χ4n) is 6.54. The fourth-order valence-corrected chi connectivity index (χ4v) is 6.54. The minimum absolute atomic E-state index is 0.0117. The number of carbonyl (C=O) groups excluding carboxylic acids is 1. The van der Waals surface area contributed by atoms with E-state index in [2.05, 4.69) is 6.92 Å². The van der Waals surface area contributed by atoms with E-state index >= 15 is 0 Å². The van der Waals surface area contributed by atoms with Crippen molar-refractivity contribution < 1.29 is 18.0 Å². The van der Waals surface area contributed by atoms with E-state index in [-0.39, 0.29) is 42.4 Å². The van der Waals surface area contributed by atoms with Gasteiger partial charge in [-0.25, -0.2) is 0 Å². The summed E-state index contributed by atoms with van der Waals surface area (Å²) in [4.78, 5) is 15.1. The second kappa shape index (κ2) is 4.89. The number of halogens is 3. The van der Waals surface area contributed by atoms with Gasteiger partial charge in [-0.3, -0.25) is 4.79 Å². The van der Waals surface area contributed by atoms with Gasteiger partial charge in [0, 0.05) is 13.1 Å². The second-order valence-electron chi connectivity index (χ2n) is 9.51. The number of nitrogens with zero attached hydrogens (tertiary/aromatic N) is 1. The van der Waals surface area contributed by atoms with E-state index in [0.29, 0.717) is 32.5 Å². The Morgan fingerprint density at radius 3 is 2.33 bits per heavy atom. The molecule has 5 fully saturated rings. The minimum atomic E-state index is -4.19. The highest BCUT2D eigenvalue weighted by Gasteiger charge is 2.69. The third kappa shape index (κ3) is 2.24. The van der Waals surface area contributed by atoms with Crippen molar-refractivity contribution in [2.24, 2.45) is 33.8 Å². The Labute approximate surface area is 141 Å². The predicted octanol–water partition coefficient (Wildman–Crippen LogP) is 3.33. The van der Waals surface area contributed by atoms with Gasteiger partial charge in [0.2, 0.25) is 5.91 Å². The molecule has 0 aromatic rings. The van der Waals surface area contributed by atoms with Gasteiger partial charge in [-0.2, -0.15) is 13.2 Å². The number of carbonyl (C=O) groups is 1. The van der Waals surface area contributed by atoms with Gasteiger partial charge in [-0.1, -0.05) is 6.92 Å². The van der Waals surface area contributed by atoms with Gasteiger partial charge in [0.1, 0.15) is 0 Å². The zero-order chi connectivity index (χ0) is 17.4. The van der Waals surface area contributed by atoms with Gasteiger partial charge in [-0.05, 0) is 68.7 Å². The molecule has 5 aliphatic rings. The molecule has 5 rings (SSSR count). The molecule has 0 radical (unpaired) electrons. The van der Waals surface area contributed by atoms with Crippen LogP contribution >= 0.6 is 0 Å². The summed E-state index contributed by atoms with van der Waals surface area (Å²) >= 11 is 0. The molecule has 4 bridgehead atoms.